The van der Waals surface area contributed by atoms with Crippen LogP contribution in [0.1, 0.15) is 39.5 Å². The molecule has 17 heavy (non-hydrogen) atoms. The topological polar surface area (TPSA) is 43.8 Å². The Kier molecular flexibility index (Phi) is 4.05. The zero-order chi connectivity index (χ0) is 12.4. The minimum Gasteiger partial charge on any atom is -0.393 e. The number of carbonyl (C=O) groups is 1. The highest BCUT2D eigenvalue weighted by Crippen LogP contribution is 2.25. The first-order valence-corrected chi connectivity index (χ1v) is 6.79. The summed E-state index contributed by atoms with van der Waals surface area (Å²) in [5.74, 6) is 0.213. The summed E-state index contributed by atoms with van der Waals surface area (Å²) in [6.07, 6.45) is 3.19. The van der Waals surface area contributed by atoms with Gasteiger partial charge < -0.3 is 10.0 Å². The number of hydrogen-bond acceptors (Lipinski definition) is 3. The van der Waals surface area contributed by atoms with E-state index in [0.29, 0.717) is 24.9 Å². The van der Waals surface area contributed by atoms with Crippen molar-refractivity contribution in [2.24, 2.45) is 0 Å². The fourth-order valence-corrected chi connectivity index (χ4v) is 3.01. The van der Waals surface area contributed by atoms with Crippen LogP contribution in [0.4, 0.5) is 0 Å². The Labute approximate surface area is 104 Å². The van der Waals surface area contributed by atoms with E-state index in [4.69, 9.17) is 0 Å². The van der Waals surface area contributed by atoms with Gasteiger partial charge in [-0.1, -0.05) is 0 Å². The van der Waals surface area contributed by atoms with E-state index < -0.39 is 0 Å². The highest BCUT2D eigenvalue weighted by atomic mass is 16.3. The minimum atomic E-state index is -0.373. The molecule has 3 unspecified atom stereocenters. The smallest absolute Gasteiger partial charge is 0.223 e. The second-order valence-corrected chi connectivity index (χ2v) is 5.57. The molecular weight excluding hydrogens is 216 g/mol. The predicted molar refractivity (Wildman–Crippen MR) is 66.7 cm³/mol. The molecule has 0 radical (unpaired) electrons. The van der Waals surface area contributed by atoms with Gasteiger partial charge in [0.25, 0.3) is 0 Å². The van der Waals surface area contributed by atoms with Crippen LogP contribution in [0.2, 0.25) is 0 Å². The van der Waals surface area contributed by atoms with Crippen LogP contribution in [0.3, 0.4) is 0 Å². The van der Waals surface area contributed by atoms with Crippen molar-refractivity contribution in [3.8, 4) is 0 Å². The van der Waals surface area contributed by atoms with Crippen LogP contribution >= 0.6 is 0 Å². The van der Waals surface area contributed by atoms with E-state index in [0.717, 1.165) is 13.1 Å². The first-order valence-electron chi connectivity index (χ1n) is 6.79. The van der Waals surface area contributed by atoms with E-state index in [2.05, 4.69) is 11.8 Å². The summed E-state index contributed by atoms with van der Waals surface area (Å²) in [4.78, 5) is 16.6. The average Bonchev–Trinajstić information content (AvgIpc) is 2.71. The number of piperazine rings is 1. The molecule has 2 heterocycles. The molecule has 0 aromatic heterocycles. The fraction of sp³-hybridized carbons (Fsp3) is 0.923. The van der Waals surface area contributed by atoms with Crippen LogP contribution in [0, 0.1) is 0 Å². The van der Waals surface area contributed by atoms with Crippen molar-refractivity contribution in [1.82, 2.24) is 9.80 Å². The highest BCUT2D eigenvalue weighted by molar-refractivity contribution is 5.76. The molecule has 1 amide bonds. The maximum atomic E-state index is 12.1. The molecule has 0 saturated carbocycles. The quantitative estimate of drug-likeness (QED) is 0.795. The van der Waals surface area contributed by atoms with Crippen molar-refractivity contribution in [3.05, 3.63) is 0 Å². The van der Waals surface area contributed by atoms with Crippen molar-refractivity contribution >= 4 is 5.91 Å². The van der Waals surface area contributed by atoms with Gasteiger partial charge in [0.15, 0.2) is 0 Å². The average molecular weight is 240 g/mol. The molecular formula is C13H24N2O2. The van der Waals surface area contributed by atoms with Gasteiger partial charge in [-0.3, -0.25) is 9.69 Å². The summed E-state index contributed by atoms with van der Waals surface area (Å²) in [5, 5.41) is 9.24. The number of amides is 1. The van der Waals surface area contributed by atoms with Gasteiger partial charge in [-0.25, -0.2) is 0 Å². The van der Waals surface area contributed by atoms with Gasteiger partial charge in [0, 0.05) is 31.6 Å². The van der Waals surface area contributed by atoms with Crippen LogP contribution in [-0.4, -0.2) is 58.6 Å². The second-order valence-electron chi connectivity index (χ2n) is 5.57. The molecule has 0 bridgehead atoms. The van der Waals surface area contributed by atoms with Crippen LogP contribution in [0.15, 0.2) is 0 Å². The molecule has 4 heteroatoms. The standard InChI is InChI=1S/C13H24N2O2/c1-10-8-14-7-3-4-12(14)9-15(10)13(17)6-5-11(2)16/h10-12,16H,3-9H2,1-2H3. The second kappa shape index (κ2) is 5.36. The Hall–Kier alpha value is -0.610. The summed E-state index contributed by atoms with van der Waals surface area (Å²) in [5.41, 5.74) is 0. The van der Waals surface area contributed by atoms with Crippen LogP contribution in [0.25, 0.3) is 0 Å². The zero-order valence-electron chi connectivity index (χ0n) is 10.9. The third-order valence-electron chi connectivity index (χ3n) is 4.03. The Balaban J connectivity index is 1.89. The van der Waals surface area contributed by atoms with Gasteiger partial charge >= 0.3 is 0 Å². The number of nitrogens with zero attached hydrogens (tertiary/aromatic N) is 2. The number of rotatable bonds is 3. The van der Waals surface area contributed by atoms with Gasteiger partial charge in [0.1, 0.15) is 0 Å². The Morgan fingerprint density at radius 3 is 2.94 bits per heavy atom. The van der Waals surface area contributed by atoms with Gasteiger partial charge in [0.05, 0.1) is 6.10 Å². The van der Waals surface area contributed by atoms with Crippen molar-refractivity contribution in [2.45, 2.75) is 57.7 Å². The third-order valence-corrected chi connectivity index (χ3v) is 4.03. The summed E-state index contributed by atoms with van der Waals surface area (Å²) < 4.78 is 0. The molecule has 2 fully saturated rings. The van der Waals surface area contributed by atoms with E-state index in [1.807, 2.05) is 4.90 Å². The normalized spacial score (nSPS) is 31.4. The lowest BCUT2D eigenvalue weighted by Gasteiger charge is -2.42. The van der Waals surface area contributed by atoms with Crippen molar-refractivity contribution in [2.75, 3.05) is 19.6 Å². The first kappa shape index (κ1) is 12.8. The Bertz CT molecular complexity index is 281. The Morgan fingerprint density at radius 2 is 2.24 bits per heavy atom. The first-order chi connectivity index (χ1) is 8.08. The van der Waals surface area contributed by atoms with Crippen molar-refractivity contribution in [1.29, 1.82) is 0 Å². The molecule has 2 aliphatic rings. The summed E-state index contributed by atoms with van der Waals surface area (Å²) in [6, 6.07) is 0.910. The summed E-state index contributed by atoms with van der Waals surface area (Å²) >= 11 is 0. The molecule has 4 nitrogen and oxygen atoms in total. The third kappa shape index (κ3) is 2.99. The number of carbonyl (C=O) groups excluding carboxylic acids is 1. The SMILES string of the molecule is CC(O)CCC(=O)N1CC2CCCN2CC1C. The molecule has 0 spiro atoms. The monoisotopic (exact) mass is 240 g/mol. The van der Waals surface area contributed by atoms with Gasteiger partial charge in [-0.15, -0.1) is 0 Å². The lowest BCUT2D eigenvalue weighted by Crippen LogP contribution is -2.56. The van der Waals surface area contributed by atoms with Crippen molar-refractivity contribution < 1.29 is 9.90 Å². The van der Waals surface area contributed by atoms with Gasteiger partial charge in [-0.05, 0) is 39.7 Å². The highest BCUT2D eigenvalue weighted by Gasteiger charge is 2.36. The van der Waals surface area contributed by atoms with Gasteiger partial charge in [-0.2, -0.15) is 0 Å². The minimum absolute atomic E-state index is 0.213. The van der Waals surface area contributed by atoms with E-state index in [1.54, 1.807) is 6.92 Å². The lowest BCUT2D eigenvalue weighted by atomic mass is 10.1. The summed E-state index contributed by atoms with van der Waals surface area (Å²) in [6.45, 7) is 6.98. The largest absolute Gasteiger partial charge is 0.393 e. The molecule has 0 aromatic rings. The molecule has 0 aromatic carbocycles. The Morgan fingerprint density at radius 1 is 1.47 bits per heavy atom. The van der Waals surface area contributed by atoms with E-state index >= 15 is 0 Å². The number of aliphatic hydroxyl groups is 1. The van der Waals surface area contributed by atoms with E-state index in [-0.39, 0.29) is 12.0 Å². The van der Waals surface area contributed by atoms with Crippen molar-refractivity contribution in [3.63, 3.8) is 0 Å². The maximum absolute atomic E-state index is 12.1. The molecule has 2 aliphatic heterocycles. The predicted octanol–water partition coefficient (Wildman–Crippen LogP) is 0.843. The fourth-order valence-electron chi connectivity index (χ4n) is 3.01. The number of aliphatic hydroxyl groups excluding tert-OH is 1. The molecule has 2 rings (SSSR count). The van der Waals surface area contributed by atoms with Crippen LogP contribution in [-0.2, 0) is 4.79 Å². The van der Waals surface area contributed by atoms with E-state index in [1.165, 1.54) is 19.4 Å². The molecule has 0 aliphatic carbocycles. The lowest BCUT2D eigenvalue weighted by molar-refractivity contribution is -0.137. The van der Waals surface area contributed by atoms with Crippen LogP contribution in [0.5, 0.6) is 0 Å². The maximum Gasteiger partial charge on any atom is 0.223 e. The molecule has 98 valence electrons. The number of fused-ring (bicyclic) bond motifs is 1. The molecule has 1 N–H and O–H groups in total. The molecule has 3 atom stereocenters. The summed E-state index contributed by atoms with van der Waals surface area (Å²) in [7, 11) is 0. The van der Waals surface area contributed by atoms with Crippen LogP contribution < -0.4 is 0 Å². The zero-order valence-corrected chi connectivity index (χ0v) is 10.9. The van der Waals surface area contributed by atoms with E-state index in [9.17, 15) is 9.90 Å². The molecule has 2 saturated heterocycles. The number of hydrogen-bond donors (Lipinski definition) is 1. The van der Waals surface area contributed by atoms with Gasteiger partial charge in [0.2, 0.25) is 5.91 Å².